The molecule has 0 saturated carbocycles. The quantitative estimate of drug-likeness (QED) is 0.874. The van der Waals surface area contributed by atoms with Gasteiger partial charge in [-0.3, -0.25) is 4.79 Å². The zero-order chi connectivity index (χ0) is 11.4. The summed E-state index contributed by atoms with van der Waals surface area (Å²) >= 11 is 3.94. The number of benzene rings is 1. The van der Waals surface area contributed by atoms with E-state index in [4.69, 9.17) is 0 Å². The maximum atomic E-state index is 11.1. The molecule has 1 aliphatic rings. The molecule has 16 heavy (non-hydrogen) atoms. The molecule has 1 aromatic carbocycles. The lowest BCUT2D eigenvalue weighted by atomic mass is 10.2. The molecule has 1 N–H and O–H groups in total. The van der Waals surface area contributed by atoms with Crippen LogP contribution in [0.1, 0.15) is 23.5 Å². The Hall–Kier alpha value is -0.610. The molecular weight excluding hydrogens is 238 g/mol. The van der Waals surface area contributed by atoms with Crippen LogP contribution in [-0.2, 0) is 4.79 Å². The van der Waals surface area contributed by atoms with Gasteiger partial charge in [0.2, 0.25) is 5.91 Å². The molecule has 1 aromatic rings. The van der Waals surface area contributed by atoms with Crippen LogP contribution in [0.3, 0.4) is 0 Å². The number of anilines is 1. The monoisotopic (exact) mass is 253 g/mol. The summed E-state index contributed by atoms with van der Waals surface area (Å²) in [6.45, 7) is 1.55. The molecule has 0 atom stereocenters. The second-order valence-corrected chi connectivity index (χ2v) is 6.42. The van der Waals surface area contributed by atoms with Crippen molar-refractivity contribution in [1.82, 2.24) is 0 Å². The SMILES string of the molecule is CC(=O)Nc1ccccc1C1SCCCS1. The van der Waals surface area contributed by atoms with Crippen LogP contribution in [0.4, 0.5) is 5.69 Å². The third kappa shape index (κ3) is 2.95. The second-order valence-electron chi connectivity index (χ2n) is 3.70. The lowest BCUT2D eigenvalue weighted by Crippen LogP contribution is -2.10. The number of carbonyl (C=O) groups is 1. The molecule has 0 unspecified atom stereocenters. The van der Waals surface area contributed by atoms with Crippen LogP contribution >= 0.6 is 23.5 Å². The van der Waals surface area contributed by atoms with E-state index in [0.29, 0.717) is 4.58 Å². The molecule has 4 heteroatoms. The van der Waals surface area contributed by atoms with E-state index in [9.17, 15) is 4.79 Å². The first kappa shape index (κ1) is 11.9. The van der Waals surface area contributed by atoms with Crippen molar-refractivity contribution in [1.29, 1.82) is 0 Å². The zero-order valence-electron chi connectivity index (χ0n) is 9.23. The highest BCUT2D eigenvalue weighted by atomic mass is 32.2. The highest BCUT2D eigenvalue weighted by molar-refractivity contribution is 8.16. The van der Waals surface area contributed by atoms with Crippen molar-refractivity contribution in [3.8, 4) is 0 Å². The lowest BCUT2D eigenvalue weighted by Gasteiger charge is -2.23. The van der Waals surface area contributed by atoms with Crippen LogP contribution in [-0.4, -0.2) is 17.4 Å². The van der Waals surface area contributed by atoms with E-state index < -0.39 is 0 Å². The number of thioether (sulfide) groups is 2. The van der Waals surface area contributed by atoms with Gasteiger partial charge in [0.1, 0.15) is 0 Å². The van der Waals surface area contributed by atoms with Crippen LogP contribution < -0.4 is 5.32 Å². The third-order valence-electron chi connectivity index (χ3n) is 2.35. The Kier molecular flexibility index (Phi) is 4.18. The summed E-state index contributed by atoms with van der Waals surface area (Å²) in [5.74, 6) is 2.43. The number of amides is 1. The molecule has 1 aliphatic heterocycles. The first-order valence-electron chi connectivity index (χ1n) is 5.37. The second kappa shape index (κ2) is 5.64. The van der Waals surface area contributed by atoms with Gasteiger partial charge in [-0.2, -0.15) is 0 Å². The van der Waals surface area contributed by atoms with Crippen LogP contribution in [0, 0.1) is 0 Å². The van der Waals surface area contributed by atoms with Crippen molar-refractivity contribution < 1.29 is 4.79 Å². The molecule has 0 bridgehead atoms. The van der Waals surface area contributed by atoms with Gasteiger partial charge in [-0.1, -0.05) is 18.2 Å². The molecule has 0 spiro atoms. The standard InChI is InChI=1S/C12H15NOS2/c1-9(14)13-11-6-3-2-5-10(11)12-15-7-4-8-16-12/h2-3,5-6,12H,4,7-8H2,1H3,(H,13,14). The van der Waals surface area contributed by atoms with Crippen molar-refractivity contribution in [3.63, 3.8) is 0 Å². The van der Waals surface area contributed by atoms with E-state index >= 15 is 0 Å². The third-order valence-corrected chi connectivity index (χ3v) is 5.33. The molecule has 0 radical (unpaired) electrons. The Morgan fingerprint density at radius 2 is 2.00 bits per heavy atom. The number of para-hydroxylation sites is 1. The first-order chi connectivity index (χ1) is 7.77. The van der Waals surface area contributed by atoms with Crippen molar-refractivity contribution in [2.75, 3.05) is 16.8 Å². The first-order valence-corrected chi connectivity index (χ1v) is 7.47. The number of hydrogen-bond donors (Lipinski definition) is 1. The summed E-state index contributed by atoms with van der Waals surface area (Å²) in [6, 6.07) is 8.09. The van der Waals surface area contributed by atoms with Crippen molar-refractivity contribution in [2.45, 2.75) is 17.9 Å². The largest absolute Gasteiger partial charge is 0.326 e. The molecule has 0 aliphatic carbocycles. The van der Waals surface area contributed by atoms with Gasteiger partial charge in [0.05, 0.1) is 4.58 Å². The Labute approximate surface area is 105 Å². The van der Waals surface area contributed by atoms with Crippen LogP contribution in [0.5, 0.6) is 0 Å². The minimum atomic E-state index is -0.00161. The smallest absolute Gasteiger partial charge is 0.221 e. The Morgan fingerprint density at radius 1 is 1.31 bits per heavy atom. The van der Waals surface area contributed by atoms with Gasteiger partial charge >= 0.3 is 0 Å². The topological polar surface area (TPSA) is 29.1 Å². The van der Waals surface area contributed by atoms with E-state index in [1.54, 1.807) is 6.92 Å². The maximum absolute atomic E-state index is 11.1. The number of hydrogen-bond acceptors (Lipinski definition) is 3. The zero-order valence-corrected chi connectivity index (χ0v) is 10.9. The molecule has 86 valence electrons. The fourth-order valence-corrected chi connectivity index (χ4v) is 4.64. The van der Waals surface area contributed by atoms with Crippen LogP contribution in [0.2, 0.25) is 0 Å². The lowest BCUT2D eigenvalue weighted by molar-refractivity contribution is -0.114. The summed E-state index contributed by atoms with van der Waals surface area (Å²) in [6.07, 6.45) is 1.29. The summed E-state index contributed by atoms with van der Waals surface area (Å²) in [7, 11) is 0. The van der Waals surface area contributed by atoms with Crippen LogP contribution in [0.25, 0.3) is 0 Å². The van der Waals surface area contributed by atoms with Crippen molar-refractivity contribution >= 4 is 35.1 Å². The van der Waals surface area contributed by atoms with Gasteiger partial charge in [0.25, 0.3) is 0 Å². The fourth-order valence-electron chi connectivity index (χ4n) is 1.67. The minimum Gasteiger partial charge on any atom is -0.326 e. The predicted octanol–water partition coefficient (Wildman–Crippen LogP) is 3.51. The van der Waals surface area contributed by atoms with E-state index in [-0.39, 0.29) is 5.91 Å². The summed E-state index contributed by atoms with van der Waals surface area (Å²) < 4.78 is 0.469. The van der Waals surface area contributed by atoms with E-state index in [2.05, 4.69) is 11.4 Å². The van der Waals surface area contributed by atoms with Gasteiger partial charge in [-0.05, 0) is 29.6 Å². The molecule has 2 rings (SSSR count). The molecule has 2 nitrogen and oxygen atoms in total. The fraction of sp³-hybridized carbons (Fsp3) is 0.417. The highest BCUT2D eigenvalue weighted by Gasteiger charge is 2.19. The Morgan fingerprint density at radius 3 is 2.69 bits per heavy atom. The van der Waals surface area contributed by atoms with Gasteiger partial charge in [0, 0.05) is 12.6 Å². The number of carbonyl (C=O) groups excluding carboxylic acids is 1. The van der Waals surface area contributed by atoms with Gasteiger partial charge in [-0.15, -0.1) is 23.5 Å². The molecule has 0 aromatic heterocycles. The number of rotatable bonds is 2. The van der Waals surface area contributed by atoms with Crippen LogP contribution in [0.15, 0.2) is 24.3 Å². The average molecular weight is 253 g/mol. The molecular formula is C12H15NOS2. The van der Waals surface area contributed by atoms with E-state index in [1.165, 1.54) is 23.5 Å². The van der Waals surface area contributed by atoms with E-state index in [1.807, 2.05) is 41.7 Å². The average Bonchev–Trinajstić information content (AvgIpc) is 2.30. The van der Waals surface area contributed by atoms with Gasteiger partial charge in [0.15, 0.2) is 0 Å². The summed E-state index contributed by atoms with van der Waals surface area (Å²) in [5, 5.41) is 2.91. The summed E-state index contributed by atoms with van der Waals surface area (Å²) in [4.78, 5) is 11.1. The van der Waals surface area contributed by atoms with Gasteiger partial charge in [-0.25, -0.2) is 0 Å². The highest BCUT2D eigenvalue weighted by Crippen LogP contribution is 2.45. The molecule has 1 saturated heterocycles. The summed E-state index contributed by atoms with van der Waals surface area (Å²) in [5.41, 5.74) is 2.20. The Bertz CT molecular complexity index is 375. The minimum absolute atomic E-state index is 0.00161. The molecule has 1 heterocycles. The van der Waals surface area contributed by atoms with Crippen molar-refractivity contribution in [3.05, 3.63) is 29.8 Å². The predicted molar refractivity (Wildman–Crippen MR) is 73.0 cm³/mol. The number of nitrogens with one attached hydrogen (secondary N) is 1. The molecule has 1 fully saturated rings. The molecule has 1 amide bonds. The van der Waals surface area contributed by atoms with Gasteiger partial charge < -0.3 is 5.32 Å². The maximum Gasteiger partial charge on any atom is 0.221 e. The normalized spacial score (nSPS) is 17.1. The van der Waals surface area contributed by atoms with E-state index in [0.717, 1.165) is 5.69 Å². The Balaban J connectivity index is 2.20. The van der Waals surface area contributed by atoms with Crippen molar-refractivity contribution in [2.24, 2.45) is 0 Å².